The van der Waals surface area contributed by atoms with Crippen molar-refractivity contribution >= 4 is 10.1 Å². The molecule has 0 aromatic heterocycles. The van der Waals surface area contributed by atoms with Gasteiger partial charge in [-0.3, -0.25) is 4.55 Å². The molecule has 0 atom stereocenters. The molecule has 0 saturated carbocycles. The average Bonchev–Trinajstić information content (AvgIpc) is 2.70. The zero-order valence-corrected chi connectivity index (χ0v) is 22.7. The molecule has 0 aliphatic heterocycles. The van der Waals surface area contributed by atoms with Crippen LogP contribution in [0.15, 0.2) is 47.4 Å². The van der Waals surface area contributed by atoms with E-state index in [9.17, 15) is 18.1 Å². The molecule has 0 amide bonds. The smallest absolute Gasteiger partial charge is 0.872 e. The molecule has 0 unspecified atom stereocenters. The third kappa shape index (κ3) is 11.3. The molecule has 0 fully saturated rings. The van der Waals surface area contributed by atoms with Gasteiger partial charge in [0, 0.05) is 6.07 Å². The predicted molar refractivity (Wildman–Crippen MR) is 118 cm³/mol. The van der Waals surface area contributed by atoms with Crippen LogP contribution in [0.1, 0.15) is 76.7 Å². The third-order valence-electron chi connectivity index (χ3n) is 5.17. The Labute approximate surface area is 229 Å². The van der Waals surface area contributed by atoms with Gasteiger partial charge in [0.2, 0.25) is 0 Å². The van der Waals surface area contributed by atoms with Gasteiger partial charge in [-0.2, -0.15) is 8.42 Å². The van der Waals surface area contributed by atoms with Crippen LogP contribution in [0.3, 0.4) is 0 Å². The van der Waals surface area contributed by atoms with Gasteiger partial charge in [0.15, 0.2) is 0 Å². The number of unbranched alkanes of at least 4 members (excludes halogenated alkanes) is 9. The van der Waals surface area contributed by atoms with E-state index in [0.29, 0.717) is 5.75 Å². The molecule has 2 aromatic rings. The quantitative estimate of drug-likeness (QED) is 0.259. The number of hydrogen-bond donors (Lipinski definition) is 1. The van der Waals surface area contributed by atoms with Gasteiger partial charge < -0.3 is 9.84 Å². The predicted octanol–water partition coefficient (Wildman–Crippen LogP) is 3.27. The van der Waals surface area contributed by atoms with Gasteiger partial charge in [0.1, 0.15) is 11.5 Å². The van der Waals surface area contributed by atoms with Crippen LogP contribution >= 0.6 is 0 Å². The fraction of sp³-hybridized carbons (Fsp3) is 0.500. The van der Waals surface area contributed by atoms with Crippen molar-refractivity contribution in [1.82, 2.24) is 0 Å². The molecule has 166 valence electrons. The molecule has 0 aliphatic rings. The Morgan fingerprint density at radius 1 is 0.871 bits per heavy atom. The summed E-state index contributed by atoms with van der Waals surface area (Å²) in [5.41, 5.74) is 0.923. The summed E-state index contributed by atoms with van der Waals surface area (Å²) >= 11 is 0. The van der Waals surface area contributed by atoms with Gasteiger partial charge in [-0.15, -0.1) is 5.75 Å². The van der Waals surface area contributed by atoms with E-state index in [4.69, 9.17) is 4.74 Å². The van der Waals surface area contributed by atoms with Gasteiger partial charge >= 0.3 is 51.4 Å². The molecule has 0 bridgehead atoms. The molecule has 7 heteroatoms. The zero-order valence-electron chi connectivity index (χ0n) is 18.8. The van der Waals surface area contributed by atoms with Crippen LogP contribution in [-0.4, -0.2) is 13.0 Å². The summed E-state index contributed by atoms with van der Waals surface area (Å²) < 4.78 is 37.6. The Morgan fingerprint density at radius 3 is 2.10 bits per heavy atom. The van der Waals surface area contributed by atoms with Gasteiger partial charge in [-0.05, 0) is 36.6 Å². The second-order valence-corrected chi connectivity index (χ2v) is 9.18. The molecule has 0 aliphatic carbocycles. The zero-order chi connectivity index (χ0) is 21.8. The van der Waals surface area contributed by atoms with Crippen LogP contribution in [-0.2, 0) is 16.5 Å². The monoisotopic (exact) mass is 472 g/mol. The van der Waals surface area contributed by atoms with Crippen molar-refractivity contribution in [3.05, 3.63) is 48.0 Å². The number of ether oxygens (including phenoxy) is 1. The minimum absolute atomic E-state index is 0. The van der Waals surface area contributed by atoms with E-state index in [1.807, 2.05) is 0 Å². The summed E-state index contributed by atoms with van der Waals surface area (Å²) in [7, 11) is -4.31. The summed E-state index contributed by atoms with van der Waals surface area (Å²) in [6.07, 6.45) is 13.3. The molecular formula is C24H33KO5S. The van der Waals surface area contributed by atoms with E-state index in [2.05, 4.69) is 6.92 Å². The maximum atomic E-state index is 11.8. The Bertz CT molecular complexity index is 883. The van der Waals surface area contributed by atoms with Crippen molar-refractivity contribution in [3.8, 4) is 17.2 Å². The van der Waals surface area contributed by atoms with E-state index in [0.717, 1.165) is 24.8 Å². The van der Waals surface area contributed by atoms with Crippen LogP contribution in [0.4, 0.5) is 0 Å². The number of rotatable bonds is 14. The molecule has 0 spiro atoms. The number of hydrogen-bond acceptors (Lipinski definition) is 4. The van der Waals surface area contributed by atoms with Crippen LogP contribution < -0.4 is 61.2 Å². The molecule has 0 radical (unpaired) electrons. The fourth-order valence-electron chi connectivity index (χ4n) is 3.46. The molecule has 2 rings (SSSR count). The van der Waals surface area contributed by atoms with Crippen molar-refractivity contribution in [1.29, 1.82) is 0 Å². The second kappa shape index (κ2) is 15.4. The Kier molecular flexibility index (Phi) is 14.2. The normalized spacial score (nSPS) is 11.2. The molecular weight excluding hydrogens is 439 g/mol. The number of aryl methyl sites for hydroxylation is 1. The average molecular weight is 473 g/mol. The second-order valence-electron chi connectivity index (χ2n) is 7.75. The van der Waals surface area contributed by atoms with E-state index < -0.39 is 10.1 Å². The van der Waals surface area contributed by atoms with E-state index in [1.54, 1.807) is 12.1 Å². The Hall–Kier alpha value is -0.414. The first kappa shape index (κ1) is 28.6. The number of benzene rings is 2. The van der Waals surface area contributed by atoms with Crippen molar-refractivity contribution in [2.45, 2.75) is 82.4 Å². The minimum Gasteiger partial charge on any atom is -0.872 e. The minimum atomic E-state index is -4.31. The van der Waals surface area contributed by atoms with Gasteiger partial charge in [0.25, 0.3) is 10.1 Å². The Balaban J connectivity index is 0.00000480. The summed E-state index contributed by atoms with van der Waals surface area (Å²) in [6, 6.07) is 10.3. The fourth-order valence-corrected chi connectivity index (χ4v) is 3.98. The largest absolute Gasteiger partial charge is 1.00 e. The van der Waals surface area contributed by atoms with Crippen molar-refractivity contribution in [2.75, 3.05) is 0 Å². The Morgan fingerprint density at radius 2 is 1.48 bits per heavy atom. The van der Waals surface area contributed by atoms with Crippen molar-refractivity contribution in [2.24, 2.45) is 0 Å². The van der Waals surface area contributed by atoms with Crippen molar-refractivity contribution in [3.63, 3.8) is 0 Å². The molecule has 1 N–H and O–H groups in total. The molecule has 31 heavy (non-hydrogen) atoms. The summed E-state index contributed by atoms with van der Waals surface area (Å²) in [5, 5.41) is 11.8. The third-order valence-corrected chi connectivity index (χ3v) is 6.02. The van der Waals surface area contributed by atoms with Crippen LogP contribution in [0.2, 0.25) is 0 Å². The molecule has 0 heterocycles. The van der Waals surface area contributed by atoms with Crippen LogP contribution in [0, 0.1) is 0 Å². The van der Waals surface area contributed by atoms with E-state index in [1.165, 1.54) is 81.7 Å². The van der Waals surface area contributed by atoms with Gasteiger partial charge in [-0.25, -0.2) is 0 Å². The van der Waals surface area contributed by atoms with Gasteiger partial charge in [-0.1, -0.05) is 82.9 Å². The molecule has 2 aromatic carbocycles. The van der Waals surface area contributed by atoms with Crippen LogP contribution in [0.25, 0.3) is 0 Å². The van der Waals surface area contributed by atoms with Gasteiger partial charge in [0.05, 0.1) is 4.90 Å². The summed E-state index contributed by atoms with van der Waals surface area (Å²) in [4.78, 5) is -0.241. The first-order chi connectivity index (χ1) is 14.4. The molecule has 0 saturated heterocycles. The first-order valence-electron chi connectivity index (χ1n) is 11.0. The topological polar surface area (TPSA) is 86.7 Å². The van der Waals surface area contributed by atoms with E-state index >= 15 is 0 Å². The molecule has 5 nitrogen and oxygen atoms in total. The van der Waals surface area contributed by atoms with Crippen molar-refractivity contribution < 1.29 is 74.2 Å². The SMILES string of the molecule is CCCCCCCCCCCCc1ccc([O-])cc1Oc1cccc(S(=O)(=O)O)c1.[K+]. The maximum absolute atomic E-state index is 11.8. The van der Waals surface area contributed by atoms with Crippen LogP contribution in [0.5, 0.6) is 17.2 Å². The maximum Gasteiger partial charge on any atom is 1.00 e. The first-order valence-corrected chi connectivity index (χ1v) is 12.4. The standard InChI is InChI=1S/C24H34O5S.K/c1-2-3-4-5-6-7-8-9-10-11-13-20-16-17-21(25)18-24(20)29-22-14-12-15-23(19-22)30(26,27)28;/h12,14-19,25H,2-11,13H2,1H3,(H,26,27,28);/q;+1/p-1. The summed E-state index contributed by atoms with van der Waals surface area (Å²) in [6.45, 7) is 2.23. The summed E-state index contributed by atoms with van der Waals surface area (Å²) in [5.74, 6) is 0.536. The van der Waals surface area contributed by atoms with E-state index in [-0.39, 0.29) is 67.8 Å².